The molecule has 140 valence electrons. The Balaban J connectivity index is 1.49. The predicted molar refractivity (Wildman–Crippen MR) is 113 cm³/mol. The van der Waals surface area contributed by atoms with Gasteiger partial charge >= 0.3 is 0 Å². The number of aromatic nitrogens is 1. The minimum absolute atomic E-state index is 0.0659. The van der Waals surface area contributed by atoms with Gasteiger partial charge in [0, 0.05) is 36.2 Å². The molecule has 4 rings (SSSR count). The lowest BCUT2D eigenvalue weighted by Crippen LogP contribution is -2.48. The summed E-state index contributed by atoms with van der Waals surface area (Å²) in [5.74, 6) is 0.789. The second-order valence-electron chi connectivity index (χ2n) is 6.21. The van der Waals surface area contributed by atoms with Crippen LogP contribution in [0.25, 0.3) is 10.2 Å². The molecule has 1 fully saturated rings. The van der Waals surface area contributed by atoms with Crippen molar-refractivity contribution in [1.82, 2.24) is 9.88 Å². The van der Waals surface area contributed by atoms with E-state index in [4.69, 9.17) is 21.3 Å². The molecular formula is C19H17BrClN3O2S. The molecule has 0 atom stereocenters. The van der Waals surface area contributed by atoms with Crippen molar-refractivity contribution in [3.05, 3.63) is 51.5 Å². The van der Waals surface area contributed by atoms with Crippen LogP contribution in [0.4, 0.5) is 5.13 Å². The molecule has 3 aromatic rings. The minimum Gasteiger partial charge on any atom is -0.494 e. The van der Waals surface area contributed by atoms with Crippen LogP contribution in [0.15, 0.2) is 40.9 Å². The maximum Gasteiger partial charge on any atom is 0.253 e. The lowest BCUT2D eigenvalue weighted by Gasteiger charge is -2.34. The van der Waals surface area contributed by atoms with Gasteiger partial charge in [-0.3, -0.25) is 4.79 Å². The van der Waals surface area contributed by atoms with Crippen LogP contribution in [0, 0.1) is 0 Å². The average molecular weight is 467 g/mol. The minimum atomic E-state index is 0.0659. The van der Waals surface area contributed by atoms with Crippen LogP contribution in [0.5, 0.6) is 5.75 Å². The van der Waals surface area contributed by atoms with Crippen LogP contribution in [0.1, 0.15) is 10.4 Å². The average Bonchev–Trinajstić information content (AvgIpc) is 3.15. The first-order valence-electron chi connectivity index (χ1n) is 8.49. The molecule has 2 aromatic carbocycles. The maximum absolute atomic E-state index is 12.7. The first-order chi connectivity index (χ1) is 13.1. The summed E-state index contributed by atoms with van der Waals surface area (Å²) in [7, 11) is 1.63. The van der Waals surface area contributed by atoms with Gasteiger partial charge in [-0.15, -0.1) is 0 Å². The van der Waals surface area contributed by atoms with Gasteiger partial charge in [0.05, 0.1) is 16.8 Å². The van der Waals surface area contributed by atoms with Gasteiger partial charge in [0.1, 0.15) is 11.3 Å². The largest absolute Gasteiger partial charge is 0.494 e. The third-order valence-electron chi connectivity index (χ3n) is 4.60. The quantitative estimate of drug-likeness (QED) is 0.562. The summed E-state index contributed by atoms with van der Waals surface area (Å²) in [4.78, 5) is 21.5. The summed E-state index contributed by atoms with van der Waals surface area (Å²) in [6.45, 7) is 2.80. The zero-order chi connectivity index (χ0) is 19.0. The van der Waals surface area contributed by atoms with Gasteiger partial charge in [0.25, 0.3) is 5.91 Å². The van der Waals surface area contributed by atoms with E-state index in [1.54, 1.807) is 18.4 Å². The number of hydrogen-bond acceptors (Lipinski definition) is 5. The Hall–Kier alpha value is -1.83. The normalized spacial score (nSPS) is 14.6. The molecule has 0 unspecified atom stereocenters. The summed E-state index contributed by atoms with van der Waals surface area (Å²) < 4.78 is 7.30. The molecule has 27 heavy (non-hydrogen) atoms. The number of carbonyl (C=O) groups is 1. The highest BCUT2D eigenvalue weighted by Gasteiger charge is 2.24. The first kappa shape index (κ1) is 18.5. The van der Waals surface area contributed by atoms with E-state index in [9.17, 15) is 4.79 Å². The van der Waals surface area contributed by atoms with Gasteiger partial charge in [-0.1, -0.05) is 38.9 Å². The molecule has 1 aliphatic heterocycles. The number of nitrogens with zero attached hydrogens (tertiary/aromatic N) is 3. The number of methoxy groups -OCH3 is 1. The van der Waals surface area contributed by atoms with E-state index in [1.807, 2.05) is 41.3 Å². The van der Waals surface area contributed by atoms with Crippen LogP contribution in [0.2, 0.25) is 5.02 Å². The fourth-order valence-corrected chi connectivity index (χ4v) is 4.69. The molecule has 5 nitrogen and oxygen atoms in total. The number of fused-ring (bicyclic) bond motifs is 1. The fraction of sp³-hybridized carbons (Fsp3) is 0.263. The number of thiazole rings is 1. The van der Waals surface area contributed by atoms with E-state index < -0.39 is 0 Å². The molecule has 8 heteroatoms. The Morgan fingerprint density at radius 1 is 1.15 bits per heavy atom. The Morgan fingerprint density at radius 2 is 1.85 bits per heavy atom. The predicted octanol–water partition coefficient (Wildman–Crippen LogP) is 4.68. The Morgan fingerprint density at radius 3 is 2.52 bits per heavy atom. The second kappa shape index (κ2) is 7.66. The molecule has 0 spiro atoms. The highest BCUT2D eigenvalue weighted by Crippen LogP contribution is 2.38. The van der Waals surface area contributed by atoms with Gasteiger partial charge in [0.2, 0.25) is 0 Å². The zero-order valence-corrected chi connectivity index (χ0v) is 17.8. The van der Waals surface area contributed by atoms with Gasteiger partial charge in [-0.05, 0) is 36.4 Å². The summed E-state index contributed by atoms with van der Waals surface area (Å²) >= 11 is 11.3. The lowest BCUT2D eigenvalue weighted by molar-refractivity contribution is 0.0747. The van der Waals surface area contributed by atoms with E-state index in [0.717, 1.165) is 38.7 Å². The number of benzene rings is 2. The van der Waals surface area contributed by atoms with Gasteiger partial charge in [0.15, 0.2) is 5.13 Å². The molecule has 0 radical (unpaired) electrons. The molecular weight excluding hydrogens is 450 g/mol. The van der Waals surface area contributed by atoms with Crippen molar-refractivity contribution in [2.75, 3.05) is 38.2 Å². The van der Waals surface area contributed by atoms with Crippen molar-refractivity contribution in [1.29, 1.82) is 0 Å². The van der Waals surface area contributed by atoms with E-state index in [2.05, 4.69) is 20.8 Å². The fourth-order valence-electron chi connectivity index (χ4n) is 3.12. The lowest BCUT2D eigenvalue weighted by atomic mass is 10.2. The zero-order valence-electron chi connectivity index (χ0n) is 14.6. The standard InChI is InChI=1S/C19H17BrClN3O2S/c1-26-15-7-6-14(21)17-16(15)22-19(27-17)24-10-8-23(9-11-24)18(25)12-2-4-13(20)5-3-12/h2-7H,8-11H2,1H3. The van der Waals surface area contributed by atoms with Gasteiger partial charge in [-0.2, -0.15) is 0 Å². The van der Waals surface area contributed by atoms with Crippen molar-refractivity contribution in [3.8, 4) is 5.75 Å². The van der Waals surface area contributed by atoms with Crippen molar-refractivity contribution in [2.45, 2.75) is 0 Å². The molecule has 0 aliphatic carbocycles. The third kappa shape index (κ3) is 3.63. The highest BCUT2D eigenvalue weighted by molar-refractivity contribution is 9.10. The molecule has 1 aromatic heterocycles. The summed E-state index contributed by atoms with van der Waals surface area (Å²) in [5.41, 5.74) is 1.50. The Labute approximate surface area is 174 Å². The first-order valence-corrected chi connectivity index (χ1v) is 10.5. The molecule has 0 N–H and O–H groups in total. The van der Waals surface area contributed by atoms with Crippen LogP contribution in [-0.2, 0) is 0 Å². The van der Waals surface area contributed by atoms with Crippen LogP contribution < -0.4 is 9.64 Å². The molecule has 2 heterocycles. The number of piperazine rings is 1. The van der Waals surface area contributed by atoms with Crippen molar-refractivity contribution in [2.24, 2.45) is 0 Å². The van der Waals surface area contributed by atoms with E-state index in [1.165, 1.54) is 0 Å². The molecule has 0 saturated carbocycles. The summed E-state index contributed by atoms with van der Waals surface area (Å²) in [6, 6.07) is 11.1. The molecule has 1 amide bonds. The Bertz CT molecular complexity index is 985. The Kier molecular flexibility index (Phi) is 5.25. The SMILES string of the molecule is COc1ccc(Cl)c2sc(N3CCN(C(=O)c4ccc(Br)cc4)CC3)nc12. The van der Waals surface area contributed by atoms with Crippen LogP contribution >= 0.6 is 38.9 Å². The van der Waals surface area contributed by atoms with Crippen molar-refractivity contribution >= 4 is 60.1 Å². The van der Waals surface area contributed by atoms with Gasteiger partial charge in [-0.25, -0.2) is 4.98 Å². The number of halogens is 2. The third-order valence-corrected chi connectivity index (χ3v) is 6.70. The van der Waals surface area contributed by atoms with Crippen LogP contribution in [0.3, 0.4) is 0 Å². The number of hydrogen-bond donors (Lipinski definition) is 0. The molecule has 0 bridgehead atoms. The van der Waals surface area contributed by atoms with E-state index in [0.29, 0.717) is 23.7 Å². The molecule has 1 aliphatic rings. The van der Waals surface area contributed by atoms with Crippen LogP contribution in [-0.4, -0.2) is 49.1 Å². The second-order valence-corrected chi connectivity index (χ2v) is 8.51. The number of rotatable bonds is 3. The van der Waals surface area contributed by atoms with E-state index >= 15 is 0 Å². The van der Waals surface area contributed by atoms with Crippen molar-refractivity contribution < 1.29 is 9.53 Å². The summed E-state index contributed by atoms with van der Waals surface area (Å²) in [6.07, 6.45) is 0. The topological polar surface area (TPSA) is 45.7 Å². The number of amides is 1. The number of anilines is 1. The van der Waals surface area contributed by atoms with E-state index in [-0.39, 0.29) is 5.91 Å². The highest BCUT2D eigenvalue weighted by atomic mass is 79.9. The molecule has 1 saturated heterocycles. The summed E-state index contributed by atoms with van der Waals surface area (Å²) in [5, 5.41) is 1.59. The maximum atomic E-state index is 12.7. The van der Waals surface area contributed by atoms with Gasteiger partial charge < -0.3 is 14.5 Å². The van der Waals surface area contributed by atoms with Crippen molar-refractivity contribution in [3.63, 3.8) is 0 Å². The number of carbonyl (C=O) groups excluding carboxylic acids is 1. The monoisotopic (exact) mass is 465 g/mol. The number of ether oxygens (including phenoxy) is 1. The smallest absolute Gasteiger partial charge is 0.253 e.